The first-order chi connectivity index (χ1) is 12.0. The lowest BCUT2D eigenvalue weighted by molar-refractivity contribution is -0.147. The Balaban J connectivity index is 1.81. The Kier molecular flexibility index (Phi) is 6.95. The zero-order valence-corrected chi connectivity index (χ0v) is 15.8. The van der Waals surface area contributed by atoms with E-state index < -0.39 is 5.97 Å². The van der Waals surface area contributed by atoms with Gasteiger partial charge in [0.15, 0.2) is 6.61 Å². The Morgan fingerprint density at radius 3 is 2.48 bits per heavy atom. The Labute approximate surface area is 156 Å². The monoisotopic (exact) mass is 401 g/mol. The van der Waals surface area contributed by atoms with Crippen molar-refractivity contribution < 1.29 is 14.3 Å². The fourth-order valence-electron chi connectivity index (χ4n) is 2.11. The number of benzene rings is 2. The number of likely N-dealkylation sites (N-methyl/N-ethyl adjacent to an activating group) is 1. The Morgan fingerprint density at radius 1 is 1.12 bits per heavy atom. The third kappa shape index (κ3) is 6.19. The highest BCUT2D eigenvalue weighted by atomic mass is 79.9. The van der Waals surface area contributed by atoms with Gasteiger partial charge in [-0.1, -0.05) is 64.0 Å². The van der Waals surface area contributed by atoms with Crippen LogP contribution in [0.4, 0.5) is 0 Å². The lowest BCUT2D eigenvalue weighted by atomic mass is 10.1. The first kappa shape index (κ1) is 18.9. The van der Waals surface area contributed by atoms with Crippen molar-refractivity contribution in [3.05, 3.63) is 75.8 Å². The predicted octanol–water partition coefficient (Wildman–Crippen LogP) is 3.97. The third-order valence-corrected chi connectivity index (χ3v) is 4.33. The van der Waals surface area contributed by atoms with Crippen molar-refractivity contribution in [2.45, 2.75) is 13.5 Å². The third-order valence-electron chi connectivity index (χ3n) is 3.61. The number of esters is 1. The van der Waals surface area contributed by atoms with Gasteiger partial charge in [-0.25, -0.2) is 4.79 Å². The van der Waals surface area contributed by atoms with Gasteiger partial charge < -0.3 is 9.64 Å². The maximum absolute atomic E-state index is 12.1. The van der Waals surface area contributed by atoms with Crippen LogP contribution in [-0.2, 0) is 20.9 Å². The molecule has 0 saturated heterocycles. The highest BCUT2D eigenvalue weighted by Crippen LogP contribution is 2.17. The van der Waals surface area contributed by atoms with Gasteiger partial charge in [-0.05, 0) is 30.2 Å². The van der Waals surface area contributed by atoms with Gasteiger partial charge in [0, 0.05) is 24.1 Å². The first-order valence-electron chi connectivity index (χ1n) is 7.84. The molecule has 5 heteroatoms. The molecule has 0 heterocycles. The molecular formula is C20H20BrNO3. The van der Waals surface area contributed by atoms with Gasteiger partial charge in [0.05, 0.1) is 0 Å². The molecule has 130 valence electrons. The molecule has 0 bridgehead atoms. The number of carbonyl (C=O) groups is 2. The summed E-state index contributed by atoms with van der Waals surface area (Å²) < 4.78 is 5.89. The predicted molar refractivity (Wildman–Crippen MR) is 102 cm³/mol. The molecule has 0 atom stereocenters. The van der Waals surface area contributed by atoms with Gasteiger partial charge in [-0.2, -0.15) is 0 Å². The lowest BCUT2D eigenvalue weighted by Crippen LogP contribution is -2.30. The molecule has 0 radical (unpaired) electrons. The van der Waals surface area contributed by atoms with E-state index in [0.29, 0.717) is 6.54 Å². The van der Waals surface area contributed by atoms with Gasteiger partial charge in [-0.3, -0.25) is 4.79 Å². The van der Waals surface area contributed by atoms with E-state index in [1.54, 1.807) is 13.1 Å². The topological polar surface area (TPSA) is 46.6 Å². The summed E-state index contributed by atoms with van der Waals surface area (Å²) in [6.45, 7) is 2.21. The van der Waals surface area contributed by atoms with Crippen molar-refractivity contribution in [2.24, 2.45) is 0 Å². The summed E-state index contributed by atoms with van der Waals surface area (Å²) >= 11 is 3.40. The summed E-state index contributed by atoms with van der Waals surface area (Å²) in [7, 11) is 1.69. The minimum atomic E-state index is -0.548. The van der Waals surface area contributed by atoms with Gasteiger partial charge in [0.1, 0.15) is 0 Å². The molecule has 2 rings (SSSR count). The smallest absolute Gasteiger partial charge is 0.331 e. The summed E-state index contributed by atoms with van der Waals surface area (Å²) in [5, 5.41) is 0. The van der Waals surface area contributed by atoms with E-state index in [9.17, 15) is 9.59 Å². The molecule has 0 N–H and O–H groups in total. The van der Waals surface area contributed by atoms with Crippen LogP contribution in [0.25, 0.3) is 6.08 Å². The van der Waals surface area contributed by atoms with E-state index >= 15 is 0 Å². The molecule has 0 aliphatic rings. The maximum Gasteiger partial charge on any atom is 0.331 e. The Hall–Kier alpha value is -2.40. The van der Waals surface area contributed by atoms with Crippen LogP contribution in [0.15, 0.2) is 59.1 Å². The van der Waals surface area contributed by atoms with Crippen LogP contribution in [0.2, 0.25) is 0 Å². The minimum absolute atomic E-state index is 0.247. The fourth-order valence-corrected chi connectivity index (χ4v) is 2.53. The maximum atomic E-state index is 12.1. The van der Waals surface area contributed by atoms with E-state index in [-0.39, 0.29) is 12.5 Å². The number of hydrogen-bond acceptors (Lipinski definition) is 3. The zero-order valence-electron chi connectivity index (χ0n) is 14.2. The fraction of sp³-hybridized carbons (Fsp3) is 0.200. The van der Waals surface area contributed by atoms with Gasteiger partial charge >= 0.3 is 5.97 Å². The van der Waals surface area contributed by atoms with Crippen LogP contribution in [-0.4, -0.2) is 30.4 Å². The number of nitrogens with zero attached hydrogens (tertiary/aromatic N) is 1. The van der Waals surface area contributed by atoms with Crippen molar-refractivity contribution >= 4 is 33.9 Å². The van der Waals surface area contributed by atoms with E-state index in [4.69, 9.17) is 4.74 Å². The van der Waals surface area contributed by atoms with Crippen molar-refractivity contribution in [3.63, 3.8) is 0 Å². The lowest BCUT2D eigenvalue weighted by Gasteiger charge is -2.17. The van der Waals surface area contributed by atoms with Crippen LogP contribution >= 0.6 is 15.9 Å². The van der Waals surface area contributed by atoms with Gasteiger partial charge in [0.25, 0.3) is 5.91 Å². The van der Waals surface area contributed by atoms with E-state index in [0.717, 1.165) is 15.6 Å². The molecule has 4 nitrogen and oxygen atoms in total. The molecule has 0 fully saturated rings. The SMILES string of the molecule is Cc1ccc(CN(C)C(=O)COC(=O)/C=C/c2ccccc2Br)cc1. The molecule has 1 amide bonds. The largest absolute Gasteiger partial charge is 0.452 e. The molecule has 2 aromatic rings. The summed E-state index contributed by atoms with van der Waals surface area (Å²) in [5.41, 5.74) is 3.06. The summed E-state index contributed by atoms with van der Waals surface area (Å²) in [6, 6.07) is 15.5. The van der Waals surface area contributed by atoms with Crippen LogP contribution < -0.4 is 0 Å². The molecular weight excluding hydrogens is 382 g/mol. The summed E-state index contributed by atoms with van der Waals surface area (Å²) in [6.07, 6.45) is 2.96. The second kappa shape index (κ2) is 9.18. The second-order valence-corrected chi connectivity index (χ2v) is 6.55. The highest BCUT2D eigenvalue weighted by molar-refractivity contribution is 9.10. The average Bonchev–Trinajstić information content (AvgIpc) is 2.60. The standard InChI is InChI=1S/C20H20BrNO3/c1-15-7-9-16(10-8-15)13-22(2)19(23)14-25-20(24)12-11-17-5-3-4-6-18(17)21/h3-12H,13-14H2,1-2H3/b12-11+. The molecule has 0 aromatic heterocycles. The van der Waals surface area contributed by atoms with Gasteiger partial charge in [0.2, 0.25) is 0 Å². The van der Waals surface area contributed by atoms with Crippen molar-refractivity contribution in [3.8, 4) is 0 Å². The highest BCUT2D eigenvalue weighted by Gasteiger charge is 2.11. The van der Waals surface area contributed by atoms with E-state index in [1.165, 1.54) is 16.5 Å². The van der Waals surface area contributed by atoms with Crippen LogP contribution in [0.1, 0.15) is 16.7 Å². The van der Waals surface area contributed by atoms with Crippen LogP contribution in [0.3, 0.4) is 0 Å². The molecule has 0 saturated carbocycles. The number of carbonyl (C=O) groups excluding carboxylic acids is 2. The number of rotatable bonds is 6. The van der Waals surface area contributed by atoms with Gasteiger partial charge in [-0.15, -0.1) is 0 Å². The Bertz CT molecular complexity index is 769. The Morgan fingerprint density at radius 2 is 1.80 bits per heavy atom. The first-order valence-corrected chi connectivity index (χ1v) is 8.64. The van der Waals surface area contributed by atoms with Crippen LogP contribution in [0.5, 0.6) is 0 Å². The van der Waals surface area contributed by atoms with Crippen LogP contribution in [0, 0.1) is 6.92 Å². The van der Waals surface area contributed by atoms with E-state index in [1.807, 2.05) is 55.5 Å². The second-order valence-electron chi connectivity index (χ2n) is 5.70. The van der Waals surface area contributed by atoms with Crippen molar-refractivity contribution in [2.75, 3.05) is 13.7 Å². The van der Waals surface area contributed by atoms with Crippen molar-refractivity contribution in [1.29, 1.82) is 0 Å². The molecule has 2 aromatic carbocycles. The van der Waals surface area contributed by atoms with E-state index in [2.05, 4.69) is 15.9 Å². The van der Waals surface area contributed by atoms with Crippen molar-refractivity contribution in [1.82, 2.24) is 4.90 Å². The zero-order chi connectivity index (χ0) is 18.2. The molecule has 0 aliphatic carbocycles. The molecule has 25 heavy (non-hydrogen) atoms. The summed E-state index contributed by atoms with van der Waals surface area (Å²) in [4.78, 5) is 25.4. The number of amides is 1. The number of aryl methyl sites for hydroxylation is 1. The number of ether oxygens (including phenoxy) is 1. The normalized spacial score (nSPS) is 10.7. The number of hydrogen-bond donors (Lipinski definition) is 0. The molecule has 0 spiro atoms. The average molecular weight is 402 g/mol. The quantitative estimate of drug-likeness (QED) is 0.543. The minimum Gasteiger partial charge on any atom is -0.452 e. The summed E-state index contributed by atoms with van der Waals surface area (Å²) in [5.74, 6) is -0.795. The molecule has 0 unspecified atom stereocenters. The number of halogens is 1. The molecule has 0 aliphatic heterocycles.